The summed E-state index contributed by atoms with van der Waals surface area (Å²) in [5.41, 5.74) is 1.54. The van der Waals surface area contributed by atoms with Crippen molar-refractivity contribution >= 4 is 27.3 Å². The summed E-state index contributed by atoms with van der Waals surface area (Å²) in [4.78, 5) is 17.1. The van der Waals surface area contributed by atoms with E-state index in [-0.39, 0.29) is 12.5 Å². The molecule has 1 amide bonds. The molecule has 0 aliphatic carbocycles. The summed E-state index contributed by atoms with van der Waals surface area (Å²) in [6.07, 6.45) is 0.284. The van der Waals surface area contributed by atoms with Crippen LogP contribution in [0.3, 0.4) is 0 Å². The summed E-state index contributed by atoms with van der Waals surface area (Å²) in [5, 5.41) is 0. The second-order valence-electron chi connectivity index (χ2n) is 7.38. The number of fused-ring (bicyclic) bond motifs is 1. The first-order valence-corrected chi connectivity index (χ1v) is 11.6. The minimum absolute atomic E-state index is 0.0205. The highest BCUT2D eigenvalue weighted by molar-refractivity contribution is 7.92. The van der Waals surface area contributed by atoms with E-state index in [2.05, 4.69) is 4.90 Å². The summed E-state index contributed by atoms with van der Waals surface area (Å²) in [7, 11) is -1.89. The van der Waals surface area contributed by atoms with Crippen LogP contribution in [0.25, 0.3) is 0 Å². The Morgan fingerprint density at radius 1 is 1.03 bits per heavy atom. The van der Waals surface area contributed by atoms with Gasteiger partial charge in [-0.15, -0.1) is 0 Å². The second kappa shape index (κ2) is 8.06. The zero-order valence-corrected chi connectivity index (χ0v) is 17.8. The van der Waals surface area contributed by atoms with Gasteiger partial charge >= 0.3 is 0 Å². The standard InChI is InChI=1S/C21H25N3O5S/c1-28-17-9-7-16(8-10-17)22-11-13-23(14-12-22)21(25)20-15-24(30(2,26)27)18-5-3-4-6-19(18)29-20/h3-10,20H,11-15H2,1-2H3/t20-/m0/s1. The van der Waals surface area contributed by atoms with Gasteiger partial charge < -0.3 is 19.3 Å². The van der Waals surface area contributed by atoms with Gasteiger partial charge in [0.05, 0.1) is 25.6 Å². The van der Waals surface area contributed by atoms with Gasteiger partial charge in [-0.3, -0.25) is 9.10 Å². The Morgan fingerprint density at radius 3 is 2.33 bits per heavy atom. The number of piperazine rings is 1. The van der Waals surface area contributed by atoms with Crippen LogP contribution in [0.4, 0.5) is 11.4 Å². The molecule has 2 aromatic rings. The highest BCUT2D eigenvalue weighted by Crippen LogP contribution is 2.35. The summed E-state index contributed by atoms with van der Waals surface area (Å²) >= 11 is 0. The van der Waals surface area contributed by atoms with Crippen molar-refractivity contribution < 1.29 is 22.7 Å². The normalized spacial score (nSPS) is 19.1. The largest absolute Gasteiger partial charge is 0.497 e. The number of anilines is 2. The highest BCUT2D eigenvalue weighted by Gasteiger charge is 2.37. The lowest BCUT2D eigenvalue weighted by Crippen LogP contribution is -2.56. The van der Waals surface area contributed by atoms with Crippen molar-refractivity contribution in [3.05, 3.63) is 48.5 Å². The third-order valence-corrected chi connectivity index (χ3v) is 6.59. The van der Waals surface area contributed by atoms with Gasteiger partial charge in [0.25, 0.3) is 5.91 Å². The van der Waals surface area contributed by atoms with E-state index in [1.54, 1.807) is 36.3 Å². The number of hydrogen-bond donors (Lipinski definition) is 0. The van der Waals surface area contributed by atoms with Gasteiger partial charge in [-0.2, -0.15) is 0 Å². The van der Waals surface area contributed by atoms with Crippen molar-refractivity contribution in [1.82, 2.24) is 4.90 Å². The topological polar surface area (TPSA) is 79.4 Å². The molecule has 30 heavy (non-hydrogen) atoms. The van der Waals surface area contributed by atoms with Gasteiger partial charge in [0.15, 0.2) is 6.10 Å². The molecular weight excluding hydrogens is 406 g/mol. The molecule has 8 nitrogen and oxygen atoms in total. The van der Waals surface area contributed by atoms with Gasteiger partial charge in [0.2, 0.25) is 10.0 Å². The van der Waals surface area contributed by atoms with Crippen molar-refractivity contribution in [3.63, 3.8) is 0 Å². The van der Waals surface area contributed by atoms with E-state index in [9.17, 15) is 13.2 Å². The molecule has 0 radical (unpaired) electrons. The van der Waals surface area contributed by atoms with Crippen LogP contribution in [0.1, 0.15) is 0 Å². The molecule has 0 N–H and O–H groups in total. The fourth-order valence-electron chi connectivity index (χ4n) is 3.83. The lowest BCUT2D eigenvalue weighted by atomic mass is 10.2. The number of methoxy groups -OCH3 is 1. The van der Waals surface area contributed by atoms with Gasteiger partial charge in [-0.1, -0.05) is 12.1 Å². The quantitative estimate of drug-likeness (QED) is 0.731. The van der Waals surface area contributed by atoms with E-state index >= 15 is 0 Å². The summed E-state index contributed by atoms with van der Waals surface area (Å²) < 4.78 is 36.9. The summed E-state index contributed by atoms with van der Waals surface area (Å²) in [6.45, 7) is 2.46. The van der Waals surface area contributed by atoms with Crippen molar-refractivity contribution in [2.45, 2.75) is 6.10 Å². The fourth-order valence-corrected chi connectivity index (χ4v) is 4.74. The number of carbonyl (C=O) groups excluding carboxylic acids is 1. The SMILES string of the molecule is COc1ccc(N2CCN(C(=O)[C@@H]3CN(S(C)(=O)=O)c4ccccc4O3)CC2)cc1. The molecule has 0 spiro atoms. The van der Waals surface area contributed by atoms with E-state index in [1.165, 1.54) is 4.31 Å². The van der Waals surface area contributed by atoms with Crippen molar-refractivity contribution in [2.24, 2.45) is 0 Å². The number of nitrogens with zero attached hydrogens (tertiary/aromatic N) is 3. The molecule has 9 heteroatoms. The van der Waals surface area contributed by atoms with Crippen LogP contribution in [-0.2, 0) is 14.8 Å². The monoisotopic (exact) mass is 431 g/mol. The molecule has 2 heterocycles. The lowest BCUT2D eigenvalue weighted by molar-refractivity contribution is -0.138. The number of amides is 1. The molecule has 1 atom stereocenters. The molecule has 0 saturated carbocycles. The zero-order valence-electron chi connectivity index (χ0n) is 17.0. The van der Waals surface area contributed by atoms with Crippen LogP contribution in [0.15, 0.2) is 48.5 Å². The molecular formula is C21H25N3O5S. The molecule has 4 rings (SSSR count). The van der Waals surface area contributed by atoms with Gasteiger partial charge in [-0.25, -0.2) is 8.42 Å². The summed E-state index contributed by atoms with van der Waals surface area (Å²) in [5.74, 6) is 1.02. The van der Waals surface area contributed by atoms with E-state index in [1.807, 2.05) is 24.3 Å². The number of rotatable bonds is 4. The minimum atomic E-state index is -3.52. The van der Waals surface area contributed by atoms with E-state index in [4.69, 9.17) is 9.47 Å². The van der Waals surface area contributed by atoms with Crippen molar-refractivity contribution in [2.75, 3.05) is 55.3 Å². The van der Waals surface area contributed by atoms with Crippen LogP contribution in [-0.4, -0.2) is 71.4 Å². The predicted octanol–water partition coefficient (Wildman–Crippen LogP) is 1.57. The van der Waals surface area contributed by atoms with Crippen LogP contribution < -0.4 is 18.7 Å². The van der Waals surface area contributed by atoms with Crippen LogP contribution >= 0.6 is 0 Å². The number of benzene rings is 2. The zero-order chi connectivity index (χ0) is 21.3. The maximum Gasteiger partial charge on any atom is 0.265 e. The molecule has 2 aliphatic heterocycles. The number of sulfonamides is 1. The van der Waals surface area contributed by atoms with E-state index in [0.29, 0.717) is 37.6 Å². The summed E-state index contributed by atoms with van der Waals surface area (Å²) in [6, 6.07) is 14.7. The third kappa shape index (κ3) is 4.02. The van der Waals surface area contributed by atoms with Gasteiger partial charge in [-0.05, 0) is 36.4 Å². The Kier molecular flexibility index (Phi) is 5.46. The van der Waals surface area contributed by atoms with Crippen LogP contribution in [0.2, 0.25) is 0 Å². The average Bonchev–Trinajstić information content (AvgIpc) is 2.77. The van der Waals surface area contributed by atoms with Gasteiger partial charge in [0.1, 0.15) is 11.5 Å². The first kappa shape index (κ1) is 20.3. The Bertz CT molecular complexity index is 1020. The molecule has 2 aromatic carbocycles. The molecule has 0 bridgehead atoms. The third-order valence-electron chi connectivity index (χ3n) is 5.44. The van der Waals surface area contributed by atoms with Crippen molar-refractivity contribution in [1.29, 1.82) is 0 Å². The fraction of sp³-hybridized carbons (Fsp3) is 0.381. The number of ether oxygens (including phenoxy) is 2. The van der Waals surface area contributed by atoms with Crippen LogP contribution in [0.5, 0.6) is 11.5 Å². The van der Waals surface area contributed by atoms with Crippen molar-refractivity contribution in [3.8, 4) is 11.5 Å². The van der Waals surface area contributed by atoms with E-state index < -0.39 is 16.1 Å². The molecule has 2 aliphatic rings. The molecule has 1 fully saturated rings. The lowest BCUT2D eigenvalue weighted by Gasteiger charge is -2.40. The number of carbonyl (C=O) groups is 1. The second-order valence-corrected chi connectivity index (χ2v) is 9.29. The van der Waals surface area contributed by atoms with Crippen LogP contribution in [0, 0.1) is 0 Å². The van der Waals surface area contributed by atoms with Gasteiger partial charge in [0, 0.05) is 31.9 Å². The molecule has 0 unspecified atom stereocenters. The first-order valence-electron chi connectivity index (χ1n) is 9.78. The predicted molar refractivity (Wildman–Crippen MR) is 115 cm³/mol. The Morgan fingerprint density at radius 2 is 1.70 bits per heavy atom. The highest BCUT2D eigenvalue weighted by atomic mass is 32.2. The smallest absolute Gasteiger partial charge is 0.265 e. The Balaban J connectivity index is 1.44. The Hall–Kier alpha value is -2.94. The Labute approximate surface area is 176 Å². The minimum Gasteiger partial charge on any atom is -0.497 e. The maximum atomic E-state index is 13.1. The molecule has 160 valence electrons. The average molecular weight is 432 g/mol. The molecule has 0 aromatic heterocycles. The maximum absolute atomic E-state index is 13.1. The number of hydrogen-bond acceptors (Lipinski definition) is 6. The first-order chi connectivity index (χ1) is 14.4. The number of para-hydroxylation sites is 2. The van der Waals surface area contributed by atoms with E-state index in [0.717, 1.165) is 17.7 Å². The molecule has 1 saturated heterocycles.